The molecule has 2 aromatic heterocycles. The zero-order valence-corrected chi connectivity index (χ0v) is 31.8. The predicted octanol–water partition coefficient (Wildman–Crippen LogP) is 8.63. The number of carbonyl (C=O) groups excluding carboxylic acids is 2. The van der Waals surface area contributed by atoms with E-state index in [0.717, 1.165) is 95.9 Å². The molecular weight excluding hydrogens is 702 g/mol. The zero-order valence-electron chi connectivity index (χ0n) is 31.8. The van der Waals surface area contributed by atoms with Gasteiger partial charge in [-0.2, -0.15) is 0 Å². The van der Waals surface area contributed by atoms with Crippen molar-refractivity contribution in [1.82, 2.24) is 34.6 Å². The average molecular weight is 748 g/mol. The number of imidazole rings is 2. The van der Waals surface area contributed by atoms with Gasteiger partial charge < -0.3 is 19.8 Å². The third-order valence-corrected chi connectivity index (χ3v) is 12.0. The number of aromatic nitrogens is 4. The first-order valence-corrected chi connectivity index (χ1v) is 19.7. The molecule has 0 spiro atoms. The highest BCUT2D eigenvalue weighted by molar-refractivity contribution is 5.92. The fourth-order valence-corrected chi connectivity index (χ4v) is 8.87. The summed E-state index contributed by atoms with van der Waals surface area (Å²) < 4.78 is 14.8. The second kappa shape index (κ2) is 14.7. The molecule has 2 amide bonds. The molecule has 1 aliphatic carbocycles. The molecule has 3 aliphatic rings. The van der Waals surface area contributed by atoms with Crippen LogP contribution in [0, 0.1) is 5.82 Å². The van der Waals surface area contributed by atoms with Crippen LogP contribution >= 0.6 is 0 Å². The average Bonchev–Trinajstić information content (AvgIpc) is 3.76. The smallest absolute Gasteiger partial charge is 0.245 e. The van der Waals surface area contributed by atoms with Crippen molar-refractivity contribution in [2.45, 2.75) is 62.1 Å². The highest BCUT2D eigenvalue weighted by Crippen LogP contribution is 2.51. The SMILES string of the molecule is CN(C)[C@@H](C(=O)N1CCC[C@H]1c1ncc(-c2ccc(-c3ccc(-c4cnc([C@@H]5CCCN5C(=O)C5(c6ccccc6)CC5)[nH]4)cc3)cc2)[nH]1)c1ccccc1F. The zero-order chi connectivity index (χ0) is 38.4. The van der Waals surface area contributed by atoms with E-state index in [1.165, 1.54) is 6.07 Å². The van der Waals surface area contributed by atoms with Crippen LogP contribution in [0.1, 0.15) is 79.4 Å². The number of benzene rings is 4. The van der Waals surface area contributed by atoms with Crippen LogP contribution in [0.15, 0.2) is 116 Å². The number of rotatable bonds is 10. The summed E-state index contributed by atoms with van der Waals surface area (Å²) in [5.41, 5.74) is 7.17. The maximum atomic E-state index is 14.8. The van der Waals surface area contributed by atoms with Gasteiger partial charge in [-0.3, -0.25) is 14.5 Å². The first-order chi connectivity index (χ1) is 27.3. The van der Waals surface area contributed by atoms with Gasteiger partial charge in [0.1, 0.15) is 23.5 Å². The van der Waals surface area contributed by atoms with Gasteiger partial charge in [0.15, 0.2) is 0 Å². The minimum Gasteiger partial charge on any atom is -0.340 e. The Morgan fingerprint density at radius 1 is 0.696 bits per heavy atom. The molecule has 3 atom stereocenters. The van der Waals surface area contributed by atoms with Crippen LogP contribution in [0.2, 0.25) is 0 Å². The molecule has 10 heteroatoms. The normalized spacial score (nSPS) is 19.4. The first-order valence-electron chi connectivity index (χ1n) is 19.7. The lowest BCUT2D eigenvalue weighted by molar-refractivity contribution is -0.137. The molecule has 2 N–H and O–H groups in total. The van der Waals surface area contributed by atoms with Gasteiger partial charge in [0.05, 0.1) is 41.3 Å². The minimum absolute atomic E-state index is 0.0400. The van der Waals surface area contributed by atoms with Gasteiger partial charge in [-0.05, 0) is 86.5 Å². The summed E-state index contributed by atoms with van der Waals surface area (Å²) in [7, 11) is 3.62. The van der Waals surface area contributed by atoms with Gasteiger partial charge in [0.2, 0.25) is 11.8 Å². The Labute approximate surface area is 326 Å². The number of hydrogen-bond donors (Lipinski definition) is 2. The molecule has 3 fully saturated rings. The van der Waals surface area contributed by atoms with Crippen molar-refractivity contribution in [2.75, 3.05) is 27.2 Å². The number of likely N-dealkylation sites (tertiary alicyclic amines) is 2. The number of carbonyl (C=O) groups is 2. The Morgan fingerprint density at radius 2 is 1.20 bits per heavy atom. The number of aromatic amines is 2. The first kappa shape index (κ1) is 35.8. The van der Waals surface area contributed by atoms with Crippen molar-refractivity contribution in [3.8, 4) is 33.6 Å². The van der Waals surface area contributed by atoms with Gasteiger partial charge in [0.25, 0.3) is 0 Å². The number of nitrogens with zero attached hydrogens (tertiary/aromatic N) is 5. The monoisotopic (exact) mass is 747 g/mol. The third kappa shape index (κ3) is 6.51. The topological polar surface area (TPSA) is 101 Å². The van der Waals surface area contributed by atoms with Gasteiger partial charge in [0, 0.05) is 18.7 Å². The van der Waals surface area contributed by atoms with E-state index < -0.39 is 6.04 Å². The quantitative estimate of drug-likeness (QED) is 0.146. The van der Waals surface area contributed by atoms with E-state index in [1.54, 1.807) is 23.1 Å². The number of nitrogens with one attached hydrogen (secondary N) is 2. The molecule has 284 valence electrons. The largest absolute Gasteiger partial charge is 0.340 e. The van der Waals surface area contributed by atoms with Crippen molar-refractivity contribution < 1.29 is 14.0 Å². The Morgan fingerprint density at radius 3 is 1.73 bits per heavy atom. The van der Waals surface area contributed by atoms with Crippen molar-refractivity contribution in [3.05, 3.63) is 144 Å². The lowest BCUT2D eigenvalue weighted by Crippen LogP contribution is -2.40. The second-order valence-electron chi connectivity index (χ2n) is 15.7. The van der Waals surface area contributed by atoms with Crippen LogP contribution in [-0.4, -0.2) is 73.6 Å². The van der Waals surface area contributed by atoms with Crippen LogP contribution in [0.4, 0.5) is 4.39 Å². The van der Waals surface area contributed by atoms with Crippen LogP contribution in [0.25, 0.3) is 33.6 Å². The highest BCUT2D eigenvalue weighted by atomic mass is 19.1. The van der Waals surface area contributed by atoms with E-state index in [0.29, 0.717) is 12.1 Å². The van der Waals surface area contributed by atoms with Crippen LogP contribution in [0.5, 0.6) is 0 Å². The van der Waals surface area contributed by atoms with Crippen molar-refractivity contribution in [3.63, 3.8) is 0 Å². The number of halogens is 1. The molecule has 0 radical (unpaired) electrons. The fourth-order valence-electron chi connectivity index (χ4n) is 8.87. The van der Waals surface area contributed by atoms with Gasteiger partial charge in [-0.25, -0.2) is 14.4 Å². The molecule has 6 aromatic rings. The summed E-state index contributed by atoms with van der Waals surface area (Å²) in [6.07, 6.45) is 9.05. The molecule has 9 nitrogen and oxygen atoms in total. The minimum atomic E-state index is -0.718. The Kier molecular flexibility index (Phi) is 9.37. The van der Waals surface area contributed by atoms with Crippen molar-refractivity contribution >= 4 is 11.8 Å². The van der Waals surface area contributed by atoms with Crippen molar-refractivity contribution in [2.24, 2.45) is 0 Å². The maximum absolute atomic E-state index is 14.8. The Balaban J connectivity index is 0.863. The van der Waals surface area contributed by atoms with Crippen LogP contribution in [-0.2, 0) is 15.0 Å². The Bertz CT molecular complexity index is 2350. The molecule has 2 aliphatic heterocycles. The van der Waals surface area contributed by atoms with Gasteiger partial charge in [-0.1, -0.05) is 97.1 Å². The summed E-state index contributed by atoms with van der Waals surface area (Å²) in [5, 5.41) is 0. The molecule has 4 heterocycles. The van der Waals surface area contributed by atoms with E-state index in [2.05, 4.69) is 75.5 Å². The van der Waals surface area contributed by atoms with E-state index in [4.69, 9.17) is 9.97 Å². The number of H-pyrrole nitrogens is 2. The summed E-state index contributed by atoms with van der Waals surface area (Å²) in [5.74, 6) is 1.32. The van der Waals surface area contributed by atoms with E-state index in [-0.39, 0.29) is 35.1 Å². The molecule has 4 aromatic carbocycles. The lowest BCUT2D eigenvalue weighted by atomic mass is 9.94. The standard InChI is InChI=1S/C46H46FN7O2/c1-52(2)41(35-12-6-7-13-36(35)47)44(55)53-26-8-14-39(53)42-48-28-37(50-42)32-20-16-30(17-21-32)31-18-22-33(23-19-31)38-29-49-43(51-38)40-15-9-27-54(40)45(56)46(24-25-46)34-10-4-3-5-11-34/h3-7,10-13,16-23,28-29,39-41H,8-9,14-15,24-27H2,1-2H3,(H,48,50)(H,49,51)/t39-,40-,41+/m0/s1. The molecule has 9 rings (SSSR count). The third-order valence-electron chi connectivity index (χ3n) is 12.0. The maximum Gasteiger partial charge on any atom is 0.245 e. The summed E-state index contributed by atoms with van der Waals surface area (Å²) >= 11 is 0. The van der Waals surface area contributed by atoms with Gasteiger partial charge in [-0.15, -0.1) is 0 Å². The van der Waals surface area contributed by atoms with Gasteiger partial charge >= 0.3 is 0 Å². The summed E-state index contributed by atoms with van der Waals surface area (Å²) in [4.78, 5) is 50.0. The number of hydrogen-bond acceptors (Lipinski definition) is 5. The van der Waals surface area contributed by atoms with E-state index >= 15 is 0 Å². The van der Waals surface area contributed by atoms with E-state index in [1.807, 2.05) is 49.6 Å². The molecule has 0 unspecified atom stereocenters. The number of likely N-dealkylation sites (N-methyl/N-ethyl adjacent to an activating group) is 1. The number of amides is 2. The molecule has 1 saturated carbocycles. The highest BCUT2D eigenvalue weighted by Gasteiger charge is 2.54. The molecule has 56 heavy (non-hydrogen) atoms. The summed E-state index contributed by atoms with van der Waals surface area (Å²) in [6.45, 7) is 1.36. The Hall–Kier alpha value is -5.87. The predicted molar refractivity (Wildman–Crippen MR) is 215 cm³/mol. The fraction of sp³-hybridized carbons (Fsp3) is 0.304. The molecular formula is C46H46FN7O2. The lowest BCUT2D eigenvalue weighted by Gasteiger charge is -2.31. The van der Waals surface area contributed by atoms with Crippen molar-refractivity contribution in [1.29, 1.82) is 0 Å². The van der Waals surface area contributed by atoms with E-state index in [9.17, 15) is 14.0 Å². The molecule has 2 saturated heterocycles. The molecule has 0 bridgehead atoms. The second-order valence-corrected chi connectivity index (χ2v) is 15.7. The van der Waals surface area contributed by atoms with Crippen LogP contribution in [0.3, 0.4) is 0 Å². The summed E-state index contributed by atoms with van der Waals surface area (Å²) in [6, 6.07) is 32.6. The van der Waals surface area contributed by atoms with Crippen LogP contribution < -0.4 is 0 Å².